The van der Waals surface area contributed by atoms with Gasteiger partial charge in [0.25, 0.3) is 0 Å². The third-order valence-electron chi connectivity index (χ3n) is 3.63. The lowest BCUT2D eigenvalue weighted by Crippen LogP contribution is -2.45. The first-order valence-electron chi connectivity index (χ1n) is 6.85. The Hall–Kier alpha value is -0.610. The maximum atomic E-state index is 10.6. The van der Waals surface area contributed by atoms with Crippen LogP contribution in [-0.4, -0.2) is 59.6 Å². The van der Waals surface area contributed by atoms with E-state index in [1.807, 2.05) is 0 Å². The number of hydrogen-bond donors (Lipinski definition) is 1. The van der Waals surface area contributed by atoms with E-state index in [2.05, 4.69) is 23.6 Å². The van der Waals surface area contributed by atoms with Crippen molar-refractivity contribution in [3.05, 3.63) is 0 Å². The second-order valence-electron chi connectivity index (χ2n) is 4.85. The molecule has 17 heavy (non-hydrogen) atoms. The van der Waals surface area contributed by atoms with E-state index >= 15 is 0 Å². The third-order valence-corrected chi connectivity index (χ3v) is 3.63. The maximum absolute atomic E-state index is 10.6. The van der Waals surface area contributed by atoms with Crippen molar-refractivity contribution in [3.8, 4) is 0 Å². The van der Waals surface area contributed by atoms with Gasteiger partial charge in [-0.3, -0.25) is 9.69 Å². The predicted molar refractivity (Wildman–Crippen MR) is 69.3 cm³/mol. The lowest BCUT2D eigenvalue weighted by Gasteiger charge is -2.37. The quantitative estimate of drug-likeness (QED) is 0.737. The van der Waals surface area contributed by atoms with Crippen molar-refractivity contribution in [2.24, 2.45) is 0 Å². The number of piperidine rings is 1. The number of aliphatic carboxylic acids is 1. The van der Waals surface area contributed by atoms with Gasteiger partial charge in [-0.2, -0.15) is 0 Å². The van der Waals surface area contributed by atoms with Crippen LogP contribution >= 0.6 is 0 Å². The Morgan fingerprint density at radius 3 is 2.47 bits per heavy atom. The van der Waals surface area contributed by atoms with E-state index in [0.29, 0.717) is 12.6 Å². The van der Waals surface area contributed by atoms with Gasteiger partial charge in [-0.05, 0) is 45.4 Å². The highest BCUT2D eigenvalue weighted by Crippen LogP contribution is 2.16. The van der Waals surface area contributed by atoms with Gasteiger partial charge in [0.1, 0.15) is 0 Å². The molecule has 1 aliphatic rings. The smallest absolute Gasteiger partial charge is 0.304 e. The number of carbonyl (C=O) groups is 1. The van der Waals surface area contributed by atoms with Crippen LogP contribution in [0.1, 0.15) is 39.5 Å². The normalized spacial score (nSPS) is 18.8. The molecule has 4 nitrogen and oxygen atoms in total. The van der Waals surface area contributed by atoms with Crippen molar-refractivity contribution in [1.82, 2.24) is 9.80 Å². The first kappa shape index (κ1) is 14.5. The van der Waals surface area contributed by atoms with Crippen molar-refractivity contribution >= 4 is 5.97 Å². The average Bonchev–Trinajstić information content (AvgIpc) is 2.32. The molecule has 0 atom stereocenters. The van der Waals surface area contributed by atoms with Gasteiger partial charge in [-0.25, -0.2) is 0 Å². The van der Waals surface area contributed by atoms with Crippen molar-refractivity contribution < 1.29 is 9.90 Å². The molecule has 0 aromatic heterocycles. The fourth-order valence-electron chi connectivity index (χ4n) is 2.66. The SMILES string of the molecule is CCCN1CCC(N(CC)CCC(=O)O)CC1. The van der Waals surface area contributed by atoms with Gasteiger partial charge >= 0.3 is 5.97 Å². The van der Waals surface area contributed by atoms with Gasteiger partial charge in [-0.15, -0.1) is 0 Å². The van der Waals surface area contributed by atoms with E-state index < -0.39 is 5.97 Å². The highest BCUT2D eigenvalue weighted by molar-refractivity contribution is 5.66. The van der Waals surface area contributed by atoms with Gasteiger partial charge in [0, 0.05) is 12.6 Å². The minimum atomic E-state index is -0.688. The Labute approximate surface area is 105 Å². The topological polar surface area (TPSA) is 43.8 Å². The summed E-state index contributed by atoms with van der Waals surface area (Å²) < 4.78 is 0. The van der Waals surface area contributed by atoms with Gasteiger partial charge in [0.05, 0.1) is 6.42 Å². The summed E-state index contributed by atoms with van der Waals surface area (Å²) in [5, 5.41) is 8.73. The summed E-state index contributed by atoms with van der Waals surface area (Å²) >= 11 is 0. The van der Waals surface area contributed by atoms with E-state index in [-0.39, 0.29) is 6.42 Å². The molecule has 1 heterocycles. The van der Waals surface area contributed by atoms with Crippen molar-refractivity contribution in [1.29, 1.82) is 0 Å². The van der Waals surface area contributed by atoms with E-state index in [1.54, 1.807) is 0 Å². The van der Waals surface area contributed by atoms with Crippen LogP contribution in [0.5, 0.6) is 0 Å². The summed E-state index contributed by atoms with van der Waals surface area (Å²) in [5.74, 6) is -0.688. The minimum absolute atomic E-state index is 0.267. The van der Waals surface area contributed by atoms with Crippen LogP contribution in [0.4, 0.5) is 0 Å². The van der Waals surface area contributed by atoms with Crippen LogP contribution in [-0.2, 0) is 4.79 Å². The summed E-state index contributed by atoms with van der Waals surface area (Å²) in [4.78, 5) is 15.5. The Morgan fingerprint density at radius 1 is 1.35 bits per heavy atom. The molecule has 100 valence electrons. The molecule has 0 aliphatic carbocycles. The van der Waals surface area contributed by atoms with Crippen molar-refractivity contribution in [2.45, 2.75) is 45.6 Å². The fraction of sp³-hybridized carbons (Fsp3) is 0.923. The molecule has 1 aliphatic heterocycles. The molecule has 1 fully saturated rings. The van der Waals surface area contributed by atoms with Gasteiger partial charge in [-0.1, -0.05) is 13.8 Å². The van der Waals surface area contributed by atoms with Gasteiger partial charge in [0.15, 0.2) is 0 Å². The minimum Gasteiger partial charge on any atom is -0.481 e. The molecule has 4 heteroatoms. The van der Waals surface area contributed by atoms with E-state index in [4.69, 9.17) is 5.11 Å². The molecular formula is C13H26N2O2. The van der Waals surface area contributed by atoms with Crippen LogP contribution < -0.4 is 0 Å². The van der Waals surface area contributed by atoms with Crippen LogP contribution in [0.2, 0.25) is 0 Å². The fourth-order valence-corrected chi connectivity index (χ4v) is 2.66. The summed E-state index contributed by atoms with van der Waals surface area (Å²) in [6, 6.07) is 0.590. The van der Waals surface area contributed by atoms with Crippen LogP contribution in [0.25, 0.3) is 0 Å². The summed E-state index contributed by atoms with van der Waals surface area (Å²) in [6.45, 7) is 9.55. The zero-order chi connectivity index (χ0) is 12.7. The number of rotatable bonds is 7. The monoisotopic (exact) mass is 242 g/mol. The number of hydrogen-bond acceptors (Lipinski definition) is 3. The van der Waals surface area contributed by atoms with Crippen LogP contribution in [0.3, 0.4) is 0 Å². The van der Waals surface area contributed by atoms with E-state index in [1.165, 1.54) is 38.9 Å². The van der Waals surface area contributed by atoms with Gasteiger partial charge < -0.3 is 10.0 Å². The molecule has 0 amide bonds. The number of nitrogens with zero attached hydrogens (tertiary/aromatic N) is 2. The van der Waals surface area contributed by atoms with E-state index in [9.17, 15) is 4.79 Å². The van der Waals surface area contributed by atoms with Gasteiger partial charge in [0.2, 0.25) is 0 Å². The van der Waals surface area contributed by atoms with Crippen LogP contribution in [0.15, 0.2) is 0 Å². The molecule has 0 spiro atoms. The first-order chi connectivity index (χ1) is 8.17. The number of carboxylic acid groups (broad SMARTS) is 1. The lowest BCUT2D eigenvalue weighted by molar-refractivity contribution is -0.137. The Balaban J connectivity index is 2.31. The molecular weight excluding hydrogens is 216 g/mol. The largest absolute Gasteiger partial charge is 0.481 e. The Morgan fingerprint density at radius 2 is 2.00 bits per heavy atom. The molecule has 1 N–H and O–H groups in total. The second-order valence-corrected chi connectivity index (χ2v) is 4.85. The molecule has 0 saturated carbocycles. The summed E-state index contributed by atoms with van der Waals surface area (Å²) in [7, 11) is 0. The van der Waals surface area contributed by atoms with Crippen molar-refractivity contribution in [3.63, 3.8) is 0 Å². The maximum Gasteiger partial charge on any atom is 0.304 e. The molecule has 1 saturated heterocycles. The summed E-state index contributed by atoms with van der Waals surface area (Å²) in [6.07, 6.45) is 3.87. The number of likely N-dealkylation sites (tertiary alicyclic amines) is 1. The Kier molecular flexibility index (Phi) is 6.52. The molecule has 1 rings (SSSR count). The third kappa shape index (κ3) is 5.04. The standard InChI is InChI=1S/C13H26N2O2/c1-3-8-14-9-5-12(6-10-14)15(4-2)11-7-13(16)17/h12H,3-11H2,1-2H3,(H,16,17). The first-order valence-corrected chi connectivity index (χ1v) is 6.85. The molecule has 0 unspecified atom stereocenters. The molecule has 0 aromatic carbocycles. The molecule has 0 aromatic rings. The zero-order valence-corrected chi connectivity index (χ0v) is 11.2. The van der Waals surface area contributed by atoms with E-state index in [0.717, 1.165) is 6.54 Å². The predicted octanol–water partition coefficient (Wildman–Crippen LogP) is 1.66. The molecule has 0 radical (unpaired) electrons. The highest BCUT2D eigenvalue weighted by atomic mass is 16.4. The van der Waals surface area contributed by atoms with Crippen molar-refractivity contribution in [2.75, 3.05) is 32.7 Å². The van der Waals surface area contributed by atoms with Crippen LogP contribution in [0, 0.1) is 0 Å². The second kappa shape index (κ2) is 7.67. The average molecular weight is 242 g/mol. The summed E-state index contributed by atoms with van der Waals surface area (Å²) in [5.41, 5.74) is 0. The highest BCUT2D eigenvalue weighted by Gasteiger charge is 2.23. The lowest BCUT2D eigenvalue weighted by atomic mass is 10.0. The number of carboxylic acids is 1. The zero-order valence-electron chi connectivity index (χ0n) is 11.2. The molecule has 0 bridgehead atoms. The Bertz CT molecular complexity index is 225.